The molecule has 0 bridgehead atoms. The summed E-state index contributed by atoms with van der Waals surface area (Å²) in [6.45, 7) is 0. The van der Waals surface area contributed by atoms with E-state index in [1.54, 1.807) is 42.7 Å². The van der Waals surface area contributed by atoms with Crippen molar-refractivity contribution in [1.82, 2.24) is 15.0 Å². The first kappa shape index (κ1) is 15.0. The summed E-state index contributed by atoms with van der Waals surface area (Å²) >= 11 is 18.4. The van der Waals surface area contributed by atoms with Crippen LogP contribution in [-0.2, 0) is 0 Å². The standard InChI is InChI=1S/C15H9Cl3N4/c16-10-4-1-5-11(17)14(10)21-13-7-12(18)20-15(22-13)9-3-2-6-19-8-9/h1-8H,(H,20,21,22). The van der Waals surface area contributed by atoms with E-state index in [0.29, 0.717) is 32.5 Å². The van der Waals surface area contributed by atoms with E-state index in [-0.39, 0.29) is 0 Å². The summed E-state index contributed by atoms with van der Waals surface area (Å²) in [5, 5.41) is 4.36. The maximum atomic E-state index is 6.14. The fourth-order valence-electron chi connectivity index (χ4n) is 1.85. The Balaban J connectivity index is 2.00. The molecule has 1 N–H and O–H groups in total. The zero-order valence-corrected chi connectivity index (χ0v) is 13.4. The van der Waals surface area contributed by atoms with Crippen LogP contribution >= 0.6 is 34.8 Å². The van der Waals surface area contributed by atoms with Gasteiger partial charge in [-0.25, -0.2) is 9.97 Å². The number of nitrogens with one attached hydrogen (secondary N) is 1. The molecule has 0 saturated carbocycles. The molecule has 0 amide bonds. The number of pyridine rings is 1. The van der Waals surface area contributed by atoms with Gasteiger partial charge in [-0.1, -0.05) is 40.9 Å². The molecule has 0 aliphatic heterocycles. The van der Waals surface area contributed by atoms with Gasteiger partial charge in [0.05, 0.1) is 15.7 Å². The van der Waals surface area contributed by atoms with Crippen LogP contribution in [0.15, 0.2) is 48.8 Å². The summed E-state index contributed by atoms with van der Waals surface area (Å²) in [6, 6.07) is 10.5. The first-order valence-corrected chi connectivity index (χ1v) is 7.43. The highest BCUT2D eigenvalue weighted by atomic mass is 35.5. The monoisotopic (exact) mass is 350 g/mol. The summed E-state index contributed by atoms with van der Waals surface area (Å²) < 4.78 is 0. The lowest BCUT2D eigenvalue weighted by Crippen LogP contribution is -1.99. The Morgan fingerprint density at radius 2 is 1.68 bits per heavy atom. The molecule has 2 heterocycles. The minimum atomic E-state index is 0.305. The van der Waals surface area contributed by atoms with Gasteiger partial charge in [0, 0.05) is 24.0 Å². The van der Waals surface area contributed by atoms with Crippen LogP contribution < -0.4 is 5.32 Å². The number of para-hydroxylation sites is 1. The van der Waals surface area contributed by atoms with Crippen LogP contribution in [0.25, 0.3) is 11.4 Å². The molecule has 3 rings (SSSR count). The van der Waals surface area contributed by atoms with Gasteiger partial charge in [0.2, 0.25) is 0 Å². The average molecular weight is 352 g/mol. The van der Waals surface area contributed by atoms with Gasteiger partial charge in [-0.15, -0.1) is 0 Å². The molecule has 0 aliphatic rings. The van der Waals surface area contributed by atoms with Crippen LogP contribution in [0.3, 0.4) is 0 Å². The lowest BCUT2D eigenvalue weighted by Gasteiger charge is -2.11. The minimum Gasteiger partial charge on any atom is -0.338 e. The quantitative estimate of drug-likeness (QED) is 0.655. The molecule has 110 valence electrons. The smallest absolute Gasteiger partial charge is 0.164 e. The average Bonchev–Trinajstić information content (AvgIpc) is 2.51. The van der Waals surface area contributed by atoms with Crippen molar-refractivity contribution >= 4 is 46.3 Å². The van der Waals surface area contributed by atoms with Crippen molar-refractivity contribution in [1.29, 1.82) is 0 Å². The van der Waals surface area contributed by atoms with Gasteiger partial charge < -0.3 is 5.32 Å². The van der Waals surface area contributed by atoms with E-state index in [9.17, 15) is 0 Å². The minimum absolute atomic E-state index is 0.305. The Morgan fingerprint density at radius 1 is 0.909 bits per heavy atom. The lowest BCUT2D eigenvalue weighted by atomic mass is 10.2. The molecule has 0 fully saturated rings. The molecule has 3 aromatic rings. The molecule has 0 aliphatic carbocycles. The highest BCUT2D eigenvalue weighted by Crippen LogP contribution is 2.32. The Hall–Kier alpha value is -1.88. The lowest BCUT2D eigenvalue weighted by molar-refractivity contribution is 1.16. The maximum absolute atomic E-state index is 6.14. The Labute approximate surface area is 142 Å². The highest BCUT2D eigenvalue weighted by molar-refractivity contribution is 6.39. The fourth-order valence-corrected chi connectivity index (χ4v) is 2.53. The summed E-state index contributed by atoms with van der Waals surface area (Å²) in [6.07, 6.45) is 3.34. The van der Waals surface area contributed by atoms with Crippen LogP contribution in [0.2, 0.25) is 15.2 Å². The molecule has 0 spiro atoms. The fraction of sp³-hybridized carbons (Fsp3) is 0. The van der Waals surface area contributed by atoms with Crippen molar-refractivity contribution in [2.45, 2.75) is 0 Å². The third kappa shape index (κ3) is 3.30. The van der Waals surface area contributed by atoms with E-state index in [2.05, 4.69) is 20.3 Å². The number of halogens is 3. The molecule has 4 nitrogen and oxygen atoms in total. The van der Waals surface area contributed by atoms with Gasteiger partial charge in [-0.2, -0.15) is 0 Å². The normalized spacial score (nSPS) is 10.5. The maximum Gasteiger partial charge on any atom is 0.164 e. The van der Waals surface area contributed by atoms with Gasteiger partial charge in [0.25, 0.3) is 0 Å². The second kappa shape index (κ2) is 6.48. The number of nitrogens with zero attached hydrogens (tertiary/aromatic N) is 3. The van der Waals surface area contributed by atoms with Gasteiger partial charge in [-0.3, -0.25) is 4.98 Å². The van der Waals surface area contributed by atoms with Crippen molar-refractivity contribution in [3.8, 4) is 11.4 Å². The molecule has 0 saturated heterocycles. The van der Waals surface area contributed by atoms with Crippen molar-refractivity contribution in [2.24, 2.45) is 0 Å². The highest BCUT2D eigenvalue weighted by Gasteiger charge is 2.10. The molecule has 22 heavy (non-hydrogen) atoms. The van der Waals surface area contributed by atoms with E-state index in [1.807, 2.05) is 6.07 Å². The van der Waals surface area contributed by atoms with Gasteiger partial charge in [-0.05, 0) is 24.3 Å². The summed E-state index contributed by atoms with van der Waals surface area (Å²) in [5.74, 6) is 0.958. The number of aromatic nitrogens is 3. The van der Waals surface area contributed by atoms with Gasteiger partial charge >= 0.3 is 0 Å². The molecule has 0 atom stereocenters. The number of benzene rings is 1. The second-order valence-electron chi connectivity index (χ2n) is 4.36. The number of anilines is 2. The van der Waals surface area contributed by atoms with Crippen molar-refractivity contribution in [2.75, 3.05) is 5.32 Å². The van der Waals surface area contributed by atoms with Crippen molar-refractivity contribution in [3.05, 3.63) is 64.0 Å². The molecular weight excluding hydrogens is 343 g/mol. The summed E-state index contributed by atoms with van der Waals surface area (Å²) in [4.78, 5) is 12.7. The number of hydrogen-bond acceptors (Lipinski definition) is 4. The van der Waals surface area contributed by atoms with E-state index in [4.69, 9.17) is 34.8 Å². The van der Waals surface area contributed by atoms with Crippen LogP contribution in [0.5, 0.6) is 0 Å². The Bertz CT molecular complexity index is 789. The van der Waals surface area contributed by atoms with Gasteiger partial charge in [0.1, 0.15) is 11.0 Å². The van der Waals surface area contributed by atoms with Crippen LogP contribution in [0, 0.1) is 0 Å². The van der Waals surface area contributed by atoms with Crippen LogP contribution in [0.1, 0.15) is 0 Å². The SMILES string of the molecule is Clc1cc(Nc2c(Cl)cccc2Cl)nc(-c2cccnc2)n1. The van der Waals surface area contributed by atoms with Crippen LogP contribution in [-0.4, -0.2) is 15.0 Å². The molecule has 0 unspecified atom stereocenters. The predicted molar refractivity (Wildman–Crippen MR) is 90.0 cm³/mol. The Morgan fingerprint density at radius 3 is 2.36 bits per heavy atom. The topological polar surface area (TPSA) is 50.7 Å². The van der Waals surface area contributed by atoms with Gasteiger partial charge in [0.15, 0.2) is 5.82 Å². The van der Waals surface area contributed by atoms with E-state index in [0.717, 1.165) is 5.56 Å². The molecule has 7 heteroatoms. The molecule has 2 aromatic heterocycles. The third-order valence-electron chi connectivity index (χ3n) is 2.83. The third-order valence-corrected chi connectivity index (χ3v) is 3.65. The number of hydrogen-bond donors (Lipinski definition) is 1. The number of rotatable bonds is 3. The summed E-state index contributed by atoms with van der Waals surface area (Å²) in [7, 11) is 0. The second-order valence-corrected chi connectivity index (χ2v) is 5.56. The predicted octanol–water partition coefficient (Wildman–Crippen LogP) is 5.24. The molecule has 1 aromatic carbocycles. The Kier molecular flexibility index (Phi) is 4.43. The van der Waals surface area contributed by atoms with Crippen LogP contribution in [0.4, 0.5) is 11.5 Å². The largest absolute Gasteiger partial charge is 0.338 e. The van der Waals surface area contributed by atoms with E-state index < -0.39 is 0 Å². The molecular formula is C15H9Cl3N4. The zero-order valence-electron chi connectivity index (χ0n) is 11.1. The van der Waals surface area contributed by atoms with Crippen molar-refractivity contribution in [3.63, 3.8) is 0 Å². The first-order chi connectivity index (χ1) is 10.6. The molecule has 0 radical (unpaired) electrons. The first-order valence-electron chi connectivity index (χ1n) is 6.29. The van der Waals surface area contributed by atoms with E-state index >= 15 is 0 Å². The zero-order chi connectivity index (χ0) is 15.5. The summed E-state index contributed by atoms with van der Waals surface area (Å²) in [5.41, 5.74) is 1.33. The van der Waals surface area contributed by atoms with Crippen molar-refractivity contribution < 1.29 is 0 Å². The van der Waals surface area contributed by atoms with E-state index in [1.165, 1.54) is 0 Å².